The van der Waals surface area contributed by atoms with Crippen LogP contribution in [0.1, 0.15) is 11.1 Å². The lowest BCUT2D eigenvalue weighted by molar-refractivity contribution is -0.385. The van der Waals surface area contributed by atoms with Crippen molar-refractivity contribution in [2.75, 3.05) is 6.61 Å². The first kappa shape index (κ1) is 16.2. The summed E-state index contributed by atoms with van der Waals surface area (Å²) in [6.07, 6.45) is 1.22. The van der Waals surface area contributed by atoms with E-state index in [1.54, 1.807) is 18.2 Å². The molecule has 0 spiro atoms. The van der Waals surface area contributed by atoms with Crippen LogP contribution in [-0.4, -0.2) is 23.7 Å². The zero-order valence-corrected chi connectivity index (χ0v) is 12.4. The summed E-state index contributed by atoms with van der Waals surface area (Å²) in [4.78, 5) is 22.0. The lowest BCUT2D eigenvalue weighted by Crippen LogP contribution is -2.24. The molecule has 0 aliphatic rings. The average Bonchev–Trinajstić information content (AvgIpc) is 2.53. The summed E-state index contributed by atoms with van der Waals surface area (Å²) in [6, 6.07) is 13.4. The van der Waals surface area contributed by atoms with Gasteiger partial charge in [0.1, 0.15) is 5.75 Å². The number of aryl methyl sites for hydroxylation is 1. The molecule has 0 bridgehead atoms. The Hall–Kier alpha value is -3.22. The fourth-order valence-electron chi connectivity index (χ4n) is 1.82. The summed E-state index contributed by atoms with van der Waals surface area (Å²) < 4.78 is 5.32. The highest BCUT2D eigenvalue weighted by molar-refractivity contribution is 5.86. The Bertz CT molecular complexity index is 744. The number of nitrogens with one attached hydrogen (secondary N) is 1. The molecule has 2 aromatic rings. The van der Waals surface area contributed by atoms with Crippen LogP contribution in [0.25, 0.3) is 0 Å². The van der Waals surface area contributed by atoms with Gasteiger partial charge in [0.15, 0.2) is 6.61 Å². The van der Waals surface area contributed by atoms with Crippen LogP contribution in [0, 0.1) is 17.0 Å². The number of hydrazone groups is 1. The molecule has 0 saturated heterocycles. The summed E-state index contributed by atoms with van der Waals surface area (Å²) in [6.45, 7) is 1.72. The van der Waals surface area contributed by atoms with Gasteiger partial charge >= 0.3 is 0 Å². The fraction of sp³-hybridized carbons (Fsp3) is 0.125. The minimum atomic E-state index is -0.510. The Morgan fingerprint density at radius 2 is 2.09 bits per heavy atom. The van der Waals surface area contributed by atoms with Crippen LogP contribution in [0.3, 0.4) is 0 Å². The number of nitrogens with zero attached hydrogens (tertiary/aromatic N) is 2. The number of benzene rings is 2. The second-order valence-corrected chi connectivity index (χ2v) is 4.71. The Morgan fingerprint density at radius 1 is 1.30 bits per heavy atom. The molecule has 0 atom stereocenters. The van der Waals surface area contributed by atoms with Gasteiger partial charge in [0, 0.05) is 6.07 Å². The molecule has 0 radical (unpaired) electrons. The van der Waals surface area contributed by atoms with E-state index >= 15 is 0 Å². The highest BCUT2D eigenvalue weighted by Crippen LogP contribution is 2.15. The van der Waals surface area contributed by atoms with Crippen LogP contribution in [0.4, 0.5) is 5.69 Å². The van der Waals surface area contributed by atoms with E-state index in [1.807, 2.05) is 25.1 Å². The monoisotopic (exact) mass is 313 g/mol. The third-order valence-electron chi connectivity index (χ3n) is 2.89. The van der Waals surface area contributed by atoms with Gasteiger partial charge in [0.25, 0.3) is 11.6 Å². The third kappa shape index (κ3) is 4.92. The topological polar surface area (TPSA) is 93.8 Å². The number of rotatable bonds is 6. The third-order valence-corrected chi connectivity index (χ3v) is 2.89. The van der Waals surface area contributed by atoms with Gasteiger partial charge in [0.05, 0.1) is 16.7 Å². The van der Waals surface area contributed by atoms with Crippen LogP contribution < -0.4 is 10.2 Å². The summed E-state index contributed by atoms with van der Waals surface area (Å²) in [5, 5.41) is 14.5. The second-order valence-electron chi connectivity index (χ2n) is 4.71. The summed E-state index contributed by atoms with van der Waals surface area (Å²) >= 11 is 0. The molecule has 1 N–H and O–H groups in total. The van der Waals surface area contributed by atoms with Gasteiger partial charge in [-0.25, -0.2) is 5.43 Å². The lowest BCUT2D eigenvalue weighted by Gasteiger charge is -2.05. The van der Waals surface area contributed by atoms with Gasteiger partial charge in [0.2, 0.25) is 0 Å². The molecule has 7 nitrogen and oxygen atoms in total. The largest absolute Gasteiger partial charge is 0.484 e. The Balaban J connectivity index is 1.88. The van der Waals surface area contributed by atoms with Crippen LogP contribution in [0.2, 0.25) is 0 Å². The van der Waals surface area contributed by atoms with E-state index in [4.69, 9.17) is 4.74 Å². The van der Waals surface area contributed by atoms with Crippen LogP contribution >= 0.6 is 0 Å². The molecule has 0 aliphatic carbocycles. The zero-order valence-electron chi connectivity index (χ0n) is 12.4. The van der Waals surface area contributed by atoms with Crippen LogP contribution in [0.5, 0.6) is 5.75 Å². The zero-order chi connectivity index (χ0) is 16.7. The number of carbonyl (C=O) groups is 1. The number of hydrogen-bond donors (Lipinski definition) is 1. The maximum Gasteiger partial charge on any atom is 0.278 e. The molecule has 0 aromatic heterocycles. The number of amides is 1. The van der Waals surface area contributed by atoms with E-state index in [1.165, 1.54) is 18.3 Å². The molecule has 0 fully saturated rings. The molecule has 7 heteroatoms. The summed E-state index contributed by atoms with van der Waals surface area (Å²) in [5.41, 5.74) is 3.51. The molecular weight excluding hydrogens is 298 g/mol. The lowest BCUT2D eigenvalue weighted by atomic mass is 10.2. The molecule has 0 heterocycles. The molecular formula is C16H15N3O4. The first-order chi connectivity index (χ1) is 11.1. The summed E-state index contributed by atoms with van der Waals surface area (Å²) in [7, 11) is 0. The maximum absolute atomic E-state index is 11.6. The van der Waals surface area contributed by atoms with Crippen molar-refractivity contribution in [3.63, 3.8) is 0 Å². The number of para-hydroxylation sites is 1. The number of nitro benzene ring substituents is 1. The van der Waals surface area contributed by atoms with Crippen molar-refractivity contribution in [3.05, 3.63) is 69.8 Å². The number of nitro groups is 1. The van der Waals surface area contributed by atoms with Crippen molar-refractivity contribution in [1.29, 1.82) is 0 Å². The van der Waals surface area contributed by atoms with E-state index in [-0.39, 0.29) is 12.3 Å². The van der Waals surface area contributed by atoms with Gasteiger partial charge < -0.3 is 4.74 Å². The van der Waals surface area contributed by atoms with Gasteiger partial charge in [-0.05, 0) is 30.7 Å². The van der Waals surface area contributed by atoms with Crippen molar-refractivity contribution < 1.29 is 14.5 Å². The average molecular weight is 313 g/mol. The molecule has 2 aromatic carbocycles. The molecule has 0 unspecified atom stereocenters. The molecule has 23 heavy (non-hydrogen) atoms. The SMILES string of the molecule is Cc1cccc(OCC(=O)N/N=C/c2ccccc2[N+](=O)[O-])c1. The first-order valence-electron chi connectivity index (χ1n) is 6.81. The first-order valence-corrected chi connectivity index (χ1v) is 6.81. The quantitative estimate of drug-likeness (QED) is 0.503. The van der Waals surface area contributed by atoms with Crippen molar-refractivity contribution >= 4 is 17.8 Å². The molecule has 118 valence electrons. The maximum atomic E-state index is 11.6. The van der Waals surface area contributed by atoms with Gasteiger partial charge in [-0.15, -0.1) is 0 Å². The fourth-order valence-corrected chi connectivity index (χ4v) is 1.82. The minimum Gasteiger partial charge on any atom is -0.484 e. The Morgan fingerprint density at radius 3 is 2.83 bits per heavy atom. The van der Waals surface area contributed by atoms with Crippen molar-refractivity contribution in [3.8, 4) is 5.75 Å². The van der Waals surface area contributed by atoms with Crippen molar-refractivity contribution in [2.24, 2.45) is 5.10 Å². The minimum absolute atomic E-state index is 0.0819. The highest BCUT2D eigenvalue weighted by atomic mass is 16.6. The number of hydrogen-bond acceptors (Lipinski definition) is 5. The highest BCUT2D eigenvalue weighted by Gasteiger charge is 2.10. The second kappa shape index (κ2) is 7.69. The van der Waals surface area contributed by atoms with Crippen molar-refractivity contribution in [2.45, 2.75) is 6.92 Å². The van der Waals surface area contributed by atoms with Gasteiger partial charge in [-0.1, -0.05) is 24.3 Å². The van der Waals surface area contributed by atoms with E-state index in [0.29, 0.717) is 11.3 Å². The van der Waals surface area contributed by atoms with E-state index in [9.17, 15) is 14.9 Å². The molecule has 2 rings (SSSR count). The molecule has 0 saturated carbocycles. The van der Waals surface area contributed by atoms with E-state index in [0.717, 1.165) is 5.56 Å². The van der Waals surface area contributed by atoms with E-state index < -0.39 is 10.8 Å². The molecule has 1 amide bonds. The standard InChI is InChI=1S/C16H15N3O4/c1-12-5-4-7-14(9-12)23-11-16(20)18-17-10-13-6-2-3-8-15(13)19(21)22/h2-10H,11H2,1H3,(H,18,20)/b17-10+. The Labute approximate surface area is 132 Å². The van der Waals surface area contributed by atoms with Gasteiger partial charge in [-0.3, -0.25) is 14.9 Å². The molecule has 0 aliphatic heterocycles. The van der Waals surface area contributed by atoms with Crippen LogP contribution in [0.15, 0.2) is 53.6 Å². The predicted molar refractivity (Wildman–Crippen MR) is 85.5 cm³/mol. The predicted octanol–water partition coefficient (Wildman–Crippen LogP) is 2.43. The van der Waals surface area contributed by atoms with Crippen LogP contribution in [-0.2, 0) is 4.79 Å². The van der Waals surface area contributed by atoms with Gasteiger partial charge in [-0.2, -0.15) is 5.10 Å². The number of carbonyl (C=O) groups excluding carboxylic acids is 1. The normalized spacial score (nSPS) is 10.5. The summed E-state index contributed by atoms with van der Waals surface area (Å²) in [5.74, 6) is 0.129. The smallest absolute Gasteiger partial charge is 0.278 e. The van der Waals surface area contributed by atoms with E-state index in [2.05, 4.69) is 10.5 Å². The number of ether oxygens (including phenoxy) is 1. The van der Waals surface area contributed by atoms with Crippen molar-refractivity contribution in [1.82, 2.24) is 5.43 Å². The Kier molecular flexibility index (Phi) is 5.40.